The molecule has 0 saturated carbocycles. The zero-order valence-electron chi connectivity index (χ0n) is 14.4. The number of aromatic nitrogens is 1. The molecule has 0 aliphatic carbocycles. The van der Waals surface area contributed by atoms with Crippen LogP contribution in [0.2, 0.25) is 0 Å². The minimum atomic E-state index is -0.0900. The van der Waals surface area contributed by atoms with E-state index >= 15 is 0 Å². The Morgan fingerprint density at radius 1 is 0.923 bits per heavy atom. The molecule has 0 atom stereocenters. The van der Waals surface area contributed by atoms with Crippen LogP contribution in [0.15, 0.2) is 69.9 Å². The molecular formula is C21H16N2O3. The van der Waals surface area contributed by atoms with Gasteiger partial charge in [-0.1, -0.05) is 24.3 Å². The van der Waals surface area contributed by atoms with Crippen LogP contribution in [0.1, 0.15) is 10.4 Å². The molecular weight excluding hydrogens is 328 g/mol. The molecule has 0 unspecified atom stereocenters. The summed E-state index contributed by atoms with van der Waals surface area (Å²) < 4.78 is 5.81. The summed E-state index contributed by atoms with van der Waals surface area (Å²) >= 11 is 0. The van der Waals surface area contributed by atoms with Gasteiger partial charge in [0.05, 0.1) is 16.5 Å². The molecule has 0 N–H and O–H groups in total. The summed E-state index contributed by atoms with van der Waals surface area (Å²) in [7, 11) is 3.43. The molecule has 1 amide bonds. The molecule has 2 heterocycles. The Hall–Kier alpha value is -3.47. The standard InChI is InChI=1S/C21H16N2O3/c1-23(2)21(25)14-9-7-13(8-10-14)17-12-11-16-19(24)15-5-3-4-6-18(15)26-20(16)22-17/h3-12H,1-2H3. The highest BCUT2D eigenvalue weighted by atomic mass is 16.3. The Morgan fingerprint density at radius 2 is 1.65 bits per heavy atom. The number of carbonyl (C=O) groups is 1. The molecule has 4 aromatic rings. The lowest BCUT2D eigenvalue weighted by Gasteiger charge is -2.10. The maximum absolute atomic E-state index is 12.6. The summed E-state index contributed by atoms with van der Waals surface area (Å²) in [5, 5.41) is 0.993. The smallest absolute Gasteiger partial charge is 0.253 e. The third-order valence-electron chi connectivity index (χ3n) is 4.28. The summed E-state index contributed by atoms with van der Waals surface area (Å²) in [6.45, 7) is 0. The molecule has 26 heavy (non-hydrogen) atoms. The van der Waals surface area contributed by atoms with Crippen molar-refractivity contribution >= 4 is 28.0 Å². The number of nitrogens with zero attached hydrogens (tertiary/aromatic N) is 2. The van der Waals surface area contributed by atoms with Crippen LogP contribution in [-0.2, 0) is 0 Å². The summed E-state index contributed by atoms with van der Waals surface area (Å²) in [6.07, 6.45) is 0. The Bertz CT molecular complexity index is 1190. The SMILES string of the molecule is CN(C)C(=O)c1ccc(-c2ccc3c(=O)c4ccccc4oc3n2)cc1. The molecule has 0 radical (unpaired) electrons. The highest BCUT2D eigenvalue weighted by molar-refractivity contribution is 5.94. The Morgan fingerprint density at radius 3 is 2.38 bits per heavy atom. The second kappa shape index (κ2) is 6.11. The van der Waals surface area contributed by atoms with Crippen LogP contribution < -0.4 is 5.43 Å². The molecule has 4 rings (SSSR count). The number of hydrogen-bond donors (Lipinski definition) is 0. The van der Waals surface area contributed by atoms with Crippen LogP contribution in [-0.4, -0.2) is 29.9 Å². The lowest BCUT2D eigenvalue weighted by Crippen LogP contribution is -2.21. The van der Waals surface area contributed by atoms with E-state index in [-0.39, 0.29) is 11.3 Å². The molecule has 2 aromatic carbocycles. The van der Waals surface area contributed by atoms with Crippen molar-refractivity contribution in [3.63, 3.8) is 0 Å². The van der Waals surface area contributed by atoms with Gasteiger partial charge in [-0.15, -0.1) is 0 Å². The number of pyridine rings is 1. The van der Waals surface area contributed by atoms with Crippen LogP contribution in [0.5, 0.6) is 0 Å². The second-order valence-electron chi connectivity index (χ2n) is 6.25. The minimum absolute atomic E-state index is 0.0551. The minimum Gasteiger partial charge on any atom is -0.437 e. The van der Waals surface area contributed by atoms with Gasteiger partial charge in [0.15, 0.2) is 0 Å². The fraction of sp³-hybridized carbons (Fsp3) is 0.0952. The average molecular weight is 344 g/mol. The van der Waals surface area contributed by atoms with Crippen molar-refractivity contribution in [3.8, 4) is 11.3 Å². The summed E-state index contributed by atoms with van der Waals surface area (Å²) in [4.78, 5) is 30.6. The summed E-state index contributed by atoms with van der Waals surface area (Å²) in [5.74, 6) is -0.0551. The first-order valence-electron chi connectivity index (χ1n) is 8.19. The molecule has 0 aliphatic heterocycles. The number of hydrogen-bond acceptors (Lipinski definition) is 4. The van der Waals surface area contributed by atoms with Crippen LogP contribution >= 0.6 is 0 Å². The first-order chi connectivity index (χ1) is 12.5. The van der Waals surface area contributed by atoms with E-state index in [1.54, 1.807) is 50.5 Å². The highest BCUT2D eigenvalue weighted by Crippen LogP contribution is 2.23. The number of amides is 1. The molecule has 0 aliphatic rings. The average Bonchev–Trinajstić information content (AvgIpc) is 2.67. The molecule has 0 saturated heterocycles. The van der Waals surface area contributed by atoms with Crippen molar-refractivity contribution < 1.29 is 9.21 Å². The molecule has 0 bridgehead atoms. The predicted molar refractivity (Wildman–Crippen MR) is 101 cm³/mol. The van der Waals surface area contributed by atoms with Gasteiger partial charge >= 0.3 is 0 Å². The monoisotopic (exact) mass is 344 g/mol. The van der Waals surface area contributed by atoms with E-state index in [2.05, 4.69) is 4.98 Å². The van der Waals surface area contributed by atoms with Gasteiger partial charge in [-0.2, -0.15) is 0 Å². The molecule has 128 valence electrons. The summed E-state index contributed by atoms with van der Waals surface area (Å²) in [5.41, 5.74) is 2.86. The Balaban J connectivity index is 1.81. The quantitative estimate of drug-likeness (QED) is 0.520. The molecule has 2 aromatic heterocycles. The normalized spacial score (nSPS) is 11.0. The third-order valence-corrected chi connectivity index (χ3v) is 4.28. The van der Waals surface area contributed by atoms with E-state index in [4.69, 9.17) is 4.42 Å². The fourth-order valence-corrected chi connectivity index (χ4v) is 2.89. The van der Waals surface area contributed by atoms with Crippen molar-refractivity contribution in [1.29, 1.82) is 0 Å². The molecule has 5 nitrogen and oxygen atoms in total. The van der Waals surface area contributed by atoms with Gasteiger partial charge in [-0.3, -0.25) is 9.59 Å². The number of benzene rings is 2. The number of rotatable bonds is 2. The van der Waals surface area contributed by atoms with Crippen LogP contribution in [0.4, 0.5) is 0 Å². The second-order valence-corrected chi connectivity index (χ2v) is 6.25. The molecule has 0 spiro atoms. The Labute approximate surface area is 149 Å². The first kappa shape index (κ1) is 16.0. The van der Waals surface area contributed by atoms with Gasteiger partial charge in [-0.05, 0) is 36.4 Å². The maximum atomic E-state index is 12.6. The zero-order chi connectivity index (χ0) is 18.3. The van der Waals surface area contributed by atoms with Crippen molar-refractivity contribution in [1.82, 2.24) is 9.88 Å². The van der Waals surface area contributed by atoms with Crippen LogP contribution in [0.25, 0.3) is 33.3 Å². The maximum Gasteiger partial charge on any atom is 0.253 e. The Kier molecular flexibility index (Phi) is 3.77. The van der Waals surface area contributed by atoms with Gasteiger partial charge < -0.3 is 9.32 Å². The largest absolute Gasteiger partial charge is 0.437 e. The van der Waals surface area contributed by atoms with E-state index < -0.39 is 0 Å². The van der Waals surface area contributed by atoms with Crippen LogP contribution in [0.3, 0.4) is 0 Å². The third kappa shape index (κ3) is 2.63. The van der Waals surface area contributed by atoms with Crippen LogP contribution in [0, 0.1) is 0 Å². The lowest BCUT2D eigenvalue weighted by molar-refractivity contribution is 0.0827. The summed E-state index contributed by atoms with van der Waals surface area (Å²) in [6, 6.07) is 17.9. The zero-order valence-corrected chi connectivity index (χ0v) is 14.4. The van der Waals surface area contributed by atoms with Gasteiger partial charge in [0, 0.05) is 25.2 Å². The fourth-order valence-electron chi connectivity index (χ4n) is 2.89. The van der Waals surface area contributed by atoms with Gasteiger partial charge in [0.1, 0.15) is 5.58 Å². The highest BCUT2D eigenvalue weighted by Gasteiger charge is 2.11. The van der Waals surface area contributed by atoms with Crippen molar-refractivity contribution in [2.24, 2.45) is 0 Å². The van der Waals surface area contributed by atoms with Gasteiger partial charge in [-0.25, -0.2) is 4.98 Å². The van der Waals surface area contributed by atoms with Gasteiger partial charge in [0.25, 0.3) is 5.91 Å². The van der Waals surface area contributed by atoms with Crippen molar-refractivity contribution in [3.05, 3.63) is 76.5 Å². The predicted octanol–water partition coefficient (Wildman–Crippen LogP) is 3.71. The van der Waals surface area contributed by atoms with Crippen molar-refractivity contribution in [2.45, 2.75) is 0 Å². The number of fused-ring (bicyclic) bond motifs is 2. The van der Waals surface area contributed by atoms with E-state index in [1.807, 2.05) is 24.3 Å². The van der Waals surface area contributed by atoms with E-state index in [9.17, 15) is 9.59 Å². The van der Waals surface area contributed by atoms with Gasteiger partial charge in [0.2, 0.25) is 11.1 Å². The topological polar surface area (TPSA) is 63.4 Å². The number of para-hydroxylation sites is 1. The molecule has 5 heteroatoms. The van der Waals surface area contributed by atoms with Crippen molar-refractivity contribution in [2.75, 3.05) is 14.1 Å². The molecule has 0 fully saturated rings. The van der Waals surface area contributed by atoms with E-state index in [1.165, 1.54) is 4.90 Å². The van der Waals surface area contributed by atoms with E-state index in [0.717, 1.165) is 5.56 Å². The van der Waals surface area contributed by atoms with E-state index in [0.29, 0.717) is 33.3 Å². The first-order valence-corrected chi connectivity index (χ1v) is 8.19. The number of carbonyl (C=O) groups excluding carboxylic acids is 1. The lowest BCUT2D eigenvalue weighted by atomic mass is 10.1.